The van der Waals surface area contributed by atoms with Gasteiger partial charge in [0.15, 0.2) is 0 Å². The molecule has 2 nitrogen and oxygen atoms in total. The zero-order valence-electron chi connectivity index (χ0n) is 17.1. The lowest BCUT2D eigenvalue weighted by atomic mass is 10.0. The van der Waals surface area contributed by atoms with Gasteiger partial charge in [-0.15, -0.1) is 0 Å². The zero-order valence-corrected chi connectivity index (χ0v) is 17.1. The lowest BCUT2D eigenvalue weighted by Gasteiger charge is -2.05. The fourth-order valence-corrected chi connectivity index (χ4v) is 4.06. The first-order chi connectivity index (χ1) is 14.7. The Morgan fingerprint density at radius 1 is 0.567 bits per heavy atom. The molecule has 144 valence electrons. The van der Waals surface area contributed by atoms with Gasteiger partial charge in [0.2, 0.25) is 0 Å². The van der Waals surface area contributed by atoms with Gasteiger partial charge in [-0.1, -0.05) is 66.7 Å². The standard InChI is InChI=1S/2C14H11N/c1-10-5-4-7-12-9-11-6-2-3-8-13(11)15-14(10)12;1-10-13-7-3-2-5-11(13)9-12-6-4-8-15-14(10)12/h2*2-9H,1H3. The van der Waals surface area contributed by atoms with Gasteiger partial charge >= 0.3 is 0 Å². The Labute approximate surface area is 175 Å². The number of hydrogen-bond acceptors (Lipinski definition) is 2. The number of rotatable bonds is 0. The van der Waals surface area contributed by atoms with Gasteiger partial charge in [-0.05, 0) is 60.0 Å². The molecule has 2 aromatic heterocycles. The zero-order chi connectivity index (χ0) is 20.5. The Balaban J connectivity index is 0.000000128. The van der Waals surface area contributed by atoms with Crippen molar-refractivity contribution in [2.24, 2.45) is 0 Å². The molecule has 0 bridgehead atoms. The molecule has 0 amide bonds. The van der Waals surface area contributed by atoms with E-state index in [1.165, 1.54) is 38.1 Å². The number of para-hydroxylation sites is 2. The van der Waals surface area contributed by atoms with Gasteiger partial charge in [0.1, 0.15) is 0 Å². The van der Waals surface area contributed by atoms with Crippen molar-refractivity contribution in [1.29, 1.82) is 0 Å². The summed E-state index contributed by atoms with van der Waals surface area (Å²) in [4.78, 5) is 9.11. The van der Waals surface area contributed by atoms with E-state index in [1.54, 1.807) is 0 Å². The number of aryl methyl sites for hydroxylation is 2. The summed E-state index contributed by atoms with van der Waals surface area (Å²) in [6.07, 6.45) is 1.85. The highest BCUT2D eigenvalue weighted by atomic mass is 14.7. The van der Waals surface area contributed by atoms with E-state index in [0.29, 0.717) is 0 Å². The van der Waals surface area contributed by atoms with Crippen LogP contribution in [0.5, 0.6) is 0 Å². The quantitative estimate of drug-likeness (QED) is 0.254. The minimum absolute atomic E-state index is 1.07. The smallest absolute Gasteiger partial charge is 0.0738 e. The van der Waals surface area contributed by atoms with Crippen molar-refractivity contribution in [3.8, 4) is 0 Å². The molecular formula is C28H22N2. The van der Waals surface area contributed by atoms with Crippen LogP contribution in [-0.4, -0.2) is 9.97 Å². The second-order valence-electron chi connectivity index (χ2n) is 7.63. The van der Waals surface area contributed by atoms with E-state index in [4.69, 9.17) is 0 Å². The minimum Gasteiger partial charge on any atom is -0.256 e. The summed E-state index contributed by atoms with van der Waals surface area (Å²) in [5.74, 6) is 0. The van der Waals surface area contributed by atoms with Crippen molar-refractivity contribution in [3.63, 3.8) is 0 Å². The number of nitrogens with zero attached hydrogens (tertiary/aromatic N) is 2. The second-order valence-corrected chi connectivity index (χ2v) is 7.63. The molecule has 0 N–H and O–H groups in total. The maximum absolute atomic E-state index is 4.68. The van der Waals surface area contributed by atoms with Crippen LogP contribution in [0.3, 0.4) is 0 Å². The van der Waals surface area contributed by atoms with Gasteiger partial charge in [0.25, 0.3) is 0 Å². The highest BCUT2D eigenvalue weighted by Gasteiger charge is 2.03. The molecule has 0 unspecified atom stereocenters. The molecule has 6 aromatic rings. The molecule has 0 saturated heterocycles. The summed E-state index contributed by atoms with van der Waals surface area (Å²) < 4.78 is 0. The number of aromatic nitrogens is 2. The molecule has 0 aliphatic carbocycles. The Bertz CT molecular complexity index is 1440. The Morgan fingerprint density at radius 2 is 1.23 bits per heavy atom. The number of benzene rings is 4. The first kappa shape index (κ1) is 18.3. The van der Waals surface area contributed by atoms with Crippen molar-refractivity contribution in [1.82, 2.24) is 9.97 Å². The Morgan fingerprint density at radius 3 is 2.13 bits per heavy atom. The molecule has 0 radical (unpaired) electrons. The lowest BCUT2D eigenvalue weighted by Crippen LogP contribution is -1.85. The minimum atomic E-state index is 1.07. The van der Waals surface area contributed by atoms with Crippen molar-refractivity contribution in [2.75, 3.05) is 0 Å². The third-order valence-corrected chi connectivity index (χ3v) is 5.62. The van der Waals surface area contributed by atoms with E-state index < -0.39 is 0 Å². The van der Waals surface area contributed by atoms with Gasteiger partial charge in [-0.25, -0.2) is 4.98 Å². The average Bonchev–Trinajstić information content (AvgIpc) is 2.79. The molecule has 0 spiro atoms. The molecule has 0 fully saturated rings. The summed E-state index contributed by atoms with van der Waals surface area (Å²) in [6, 6.07) is 31.5. The first-order valence-corrected chi connectivity index (χ1v) is 10.2. The van der Waals surface area contributed by atoms with E-state index in [2.05, 4.69) is 96.6 Å². The Kier molecular flexibility index (Phi) is 4.61. The highest BCUT2D eigenvalue weighted by molar-refractivity contribution is 6.00. The largest absolute Gasteiger partial charge is 0.256 e. The maximum Gasteiger partial charge on any atom is 0.0738 e. The third-order valence-electron chi connectivity index (χ3n) is 5.62. The maximum atomic E-state index is 4.68. The normalized spacial score (nSPS) is 11.0. The highest BCUT2D eigenvalue weighted by Crippen LogP contribution is 2.26. The van der Waals surface area contributed by atoms with E-state index in [0.717, 1.165) is 16.6 Å². The van der Waals surface area contributed by atoms with Gasteiger partial charge in [-0.2, -0.15) is 0 Å². The van der Waals surface area contributed by atoms with E-state index in [1.807, 2.05) is 24.4 Å². The summed E-state index contributed by atoms with van der Waals surface area (Å²) in [7, 11) is 0. The number of pyridine rings is 2. The van der Waals surface area contributed by atoms with Crippen molar-refractivity contribution < 1.29 is 0 Å². The number of hydrogen-bond donors (Lipinski definition) is 0. The Hall–Kier alpha value is -3.78. The van der Waals surface area contributed by atoms with Crippen LogP contribution in [0.2, 0.25) is 0 Å². The van der Waals surface area contributed by atoms with Crippen LogP contribution in [0.15, 0.2) is 97.2 Å². The molecule has 4 aromatic carbocycles. The van der Waals surface area contributed by atoms with Crippen LogP contribution in [-0.2, 0) is 0 Å². The molecule has 0 aliphatic rings. The molecule has 0 atom stereocenters. The van der Waals surface area contributed by atoms with E-state index in [9.17, 15) is 0 Å². The van der Waals surface area contributed by atoms with Crippen LogP contribution < -0.4 is 0 Å². The van der Waals surface area contributed by atoms with Crippen LogP contribution in [0.25, 0.3) is 43.5 Å². The van der Waals surface area contributed by atoms with Gasteiger partial charge < -0.3 is 0 Å². The second kappa shape index (κ2) is 7.57. The van der Waals surface area contributed by atoms with Crippen molar-refractivity contribution in [3.05, 3.63) is 108 Å². The molecule has 2 heterocycles. The molecular weight excluding hydrogens is 364 g/mol. The van der Waals surface area contributed by atoms with Gasteiger partial charge in [0, 0.05) is 22.4 Å². The summed E-state index contributed by atoms with van der Waals surface area (Å²) in [5.41, 5.74) is 5.79. The van der Waals surface area contributed by atoms with Crippen LogP contribution in [0.1, 0.15) is 11.1 Å². The van der Waals surface area contributed by atoms with Crippen LogP contribution in [0, 0.1) is 13.8 Å². The van der Waals surface area contributed by atoms with Crippen LogP contribution >= 0.6 is 0 Å². The molecule has 30 heavy (non-hydrogen) atoms. The first-order valence-electron chi connectivity index (χ1n) is 10.2. The summed E-state index contributed by atoms with van der Waals surface area (Å²) >= 11 is 0. The monoisotopic (exact) mass is 386 g/mol. The van der Waals surface area contributed by atoms with E-state index >= 15 is 0 Å². The van der Waals surface area contributed by atoms with E-state index in [-0.39, 0.29) is 0 Å². The molecule has 0 saturated carbocycles. The number of fused-ring (bicyclic) bond motifs is 4. The van der Waals surface area contributed by atoms with Gasteiger partial charge in [0.05, 0.1) is 16.6 Å². The van der Waals surface area contributed by atoms with Crippen LogP contribution in [0.4, 0.5) is 0 Å². The summed E-state index contributed by atoms with van der Waals surface area (Å²) in [6.45, 7) is 4.24. The predicted molar refractivity (Wildman–Crippen MR) is 128 cm³/mol. The van der Waals surface area contributed by atoms with Crippen molar-refractivity contribution in [2.45, 2.75) is 13.8 Å². The topological polar surface area (TPSA) is 25.8 Å². The third kappa shape index (κ3) is 3.27. The summed E-state index contributed by atoms with van der Waals surface area (Å²) in [5, 5.41) is 6.22. The molecule has 6 rings (SSSR count). The molecule has 2 heteroatoms. The lowest BCUT2D eigenvalue weighted by molar-refractivity contribution is 1.38. The predicted octanol–water partition coefficient (Wildman–Crippen LogP) is 7.39. The fraction of sp³-hybridized carbons (Fsp3) is 0.0714. The SMILES string of the molecule is Cc1c2ccccc2cc2cccnc12.Cc1cccc2cc3ccccc3nc12. The van der Waals surface area contributed by atoms with Crippen molar-refractivity contribution >= 4 is 43.5 Å². The average molecular weight is 386 g/mol. The fourth-order valence-electron chi connectivity index (χ4n) is 4.06. The van der Waals surface area contributed by atoms with Gasteiger partial charge in [-0.3, -0.25) is 4.98 Å². The molecule has 0 aliphatic heterocycles.